The second kappa shape index (κ2) is 9.40. The molecule has 0 spiro atoms. The highest BCUT2D eigenvalue weighted by Crippen LogP contribution is 2.33. The van der Waals surface area contributed by atoms with Gasteiger partial charge in [0.1, 0.15) is 5.69 Å². The fourth-order valence-corrected chi connectivity index (χ4v) is 3.82. The second-order valence-electron chi connectivity index (χ2n) is 7.30. The number of nitro benzene ring substituents is 1. The fraction of sp³-hybridized carbons (Fsp3) is 0.208. The van der Waals surface area contributed by atoms with Gasteiger partial charge in [0.15, 0.2) is 0 Å². The summed E-state index contributed by atoms with van der Waals surface area (Å²) in [6, 6.07) is 23.8. The Morgan fingerprint density at radius 1 is 0.935 bits per heavy atom. The van der Waals surface area contributed by atoms with E-state index in [2.05, 4.69) is 5.32 Å². The summed E-state index contributed by atoms with van der Waals surface area (Å²) in [4.78, 5) is 26.5. The molecule has 3 aromatic rings. The van der Waals surface area contributed by atoms with Gasteiger partial charge in [-0.3, -0.25) is 14.9 Å². The highest BCUT2D eigenvalue weighted by Gasteiger charge is 2.25. The van der Waals surface area contributed by atoms with E-state index in [4.69, 9.17) is 4.74 Å². The summed E-state index contributed by atoms with van der Waals surface area (Å²) in [5.74, 6) is -0.772. The number of hydrogen-bond acceptors (Lipinski definition) is 5. The Morgan fingerprint density at radius 2 is 1.52 bits per heavy atom. The molecule has 1 heterocycles. The molecule has 0 aromatic heterocycles. The molecule has 0 aliphatic carbocycles. The summed E-state index contributed by atoms with van der Waals surface area (Å²) in [6.45, 7) is 2.25. The summed E-state index contributed by atoms with van der Waals surface area (Å²) in [5, 5.41) is 14.6. The van der Waals surface area contributed by atoms with Crippen molar-refractivity contribution in [2.75, 3.05) is 36.5 Å². The van der Waals surface area contributed by atoms with E-state index in [9.17, 15) is 14.9 Å². The average molecular weight is 417 g/mol. The van der Waals surface area contributed by atoms with Crippen molar-refractivity contribution in [3.05, 3.63) is 100 Å². The minimum atomic E-state index is -0.527. The lowest BCUT2D eigenvalue weighted by Crippen LogP contribution is -2.36. The molecule has 1 N–H and O–H groups in total. The standard InChI is InChI=1S/C24H23N3O4/c28-24(23(18-7-3-1-4-8-18)19-9-5-2-6-10-19)25-20-11-12-21(22(17-20)27(29)30)26-13-15-31-16-14-26/h1-12,17,23H,13-16H2,(H,25,28). The summed E-state index contributed by atoms with van der Waals surface area (Å²) >= 11 is 0. The maximum atomic E-state index is 13.3. The van der Waals surface area contributed by atoms with Gasteiger partial charge >= 0.3 is 0 Å². The lowest BCUT2D eigenvalue weighted by Gasteiger charge is -2.28. The number of benzene rings is 3. The number of carbonyl (C=O) groups excluding carboxylic acids is 1. The number of nitrogens with zero attached hydrogens (tertiary/aromatic N) is 2. The van der Waals surface area contributed by atoms with Gasteiger partial charge in [-0.25, -0.2) is 0 Å². The van der Waals surface area contributed by atoms with E-state index in [-0.39, 0.29) is 11.6 Å². The molecule has 158 valence electrons. The minimum absolute atomic E-state index is 0.0318. The van der Waals surface area contributed by atoms with E-state index >= 15 is 0 Å². The van der Waals surface area contributed by atoms with Crippen LogP contribution in [0.5, 0.6) is 0 Å². The number of morpholine rings is 1. The smallest absolute Gasteiger partial charge is 0.294 e. The number of hydrogen-bond donors (Lipinski definition) is 1. The molecule has 1 saturated heterocycles. The third-order valence-corrected chi connectivity index (χ3v) is 5.32. The van der Waals surface area contributed by atoms with Crippen LogP contribution in [0.3, 0.4) is 0 Å². The highest BCUT2D eigenvalue weighted by atomic mass is 16.6. The van der Waals surface area contributed by atoms with E-state index < -0.39 is 10.8 Å². The Morgan fingerprint density at radius 3 is 2.06 bits per heavy atom. The quantitative estimate of drug-likeness (QED) is 0.480. The third kappa shape index (κ3) is 4.73. The van der Waals surface area contributed by atoms with Gasteiger partial charge in [-0.1, -0.05) is 60.7 Å². The summed E-state index contributed by atoms with van der Waals surface area (Å²) in [7, 11) is 0. The van der Waals surface area contributed by atoms with Gasteiger partial charge in [0.2, 0.25) is 5.91 Å². The first-order valence-corrected chi connectivity index (χ1v) is 10.2. The molecule has 1 aliphatic rings. The van der Waals surface area contributed by atoms with Gasteiger partial charge in [-0.2, -0.15) is 0 Å². The number of nitro groups is 1. The summed E-state index contributed by atoms with van der Waals surface area (Å²) in [5.41, 5.74) is 2.60. The van der Waals surface area contributed by atoms with Crippen molar-refractivity contribution in [2.24, 2.45) is 0 Å². The molecule has 1 amide bonds. The molecule has 3 aromatic carbocycles. The van der Waals surface area contributed by atoms with Crippen LogP contribution < -0.4 is 10.2 Å². The van der Waals surface area contributed by atoms with Crippen molar-refractivity contribution in [1.29, 1.82) is 0 Å². The Hall–Kier alpha value is -3.71. The maximum Gasteiger partial charge on any atom is 0.294 e. The van der Waals surface area contributed by atoms with Gasteiger partial charge in [-0.15, -0.1) is 0 Å². The molecule has 0 saturated carbocycles. The largest absolute Gasteiger partial charge is 0.378 e. The second-order valence-corrected chi connectivity index (χ2v) is 7.30. The van der Waals surface area contributed by atoms with Crippen LogP contribution in [0.1, 0.15) is 17.0 Å². The minimum Gasteiger partial charge on any atom is -0.378 e. The van der Waals surface area contributed by atoms with E-state index in [1.807, 2.05) is 65.6 Å². The number of amides is 1. The molecule has 0 unspecified atom stereocenters. The lowest BCUT2D eigenvalue weighted by atomic mass is 9.90. The SMILES string of the molecule is O=C(Nc1ccc(N2CCOCC2)c([N+](=O)[O-])c1)C(c1ccccc1)c1ccccc1. The van der Waals surface area contributed by atoms with Crippen molar-refractivity contribution in [1.82, 2.24) is 0 Å². The first kappa shape index (κ1) is 20.6. The maximum absolute atomic E-state index is 13.3. The van der Waals surface area contributed by atoms with E-state index in [0.29, 0.717) is 37.7 Å². The predicted octanol–water partition coefficient (Wildman–Crippen LogP) is 4.20. The van der Waals surface area contributed by atoms with Gasteiger partial charge in [-0.05, 0) is 23.3 Å². The van der Waals surface area contributed by atoms with Gasteiger partial charge in [0.05, 0.1) is 24.1 Å². The number of anilines is 2. The van der Waals surface area contributed by atoms with Crippen LogP contribution in [0, 0.1) is 10.1 Å². The Bertz CT molecular complexity index is 1010. The predicted molar refractivity (Wildman–Crippen MR) is 119 cm³/mol. The van der Waals surface area contributed by atoms with E-state index in [0.717, 1.165) is 11.1 Å². The molecule has 1 fully saturated rings. The number of carbonyl (C=O) groups is 1. The normalized spacial score (nSPS) is 13.8. The lowest BCUT2D eigenvalue weighted by molar-refractivity contribution is -0.384. The van der Waals surface area contributed by atoms with Crippen molar-refractivity contribution in [3.63, 3.8) is 0 Å². The Labute approximate surface area is 180 Å². The molecule has 7 heteroatoms. The number of rotatable bonds is 6. The highest BCUT2D eigenvalue weighted by molar-refractivity contribution is 5.98. The van der Waals surface area contributed by atoms with Gasteiger partial charge in [0.25, 0.3) is 5.69 Å². The Kier molecular flexibility index (Phi) is 6.24. The molecule has 0 bridgehead atoms. The van der Waals surface area contributed by atoms with Crippen LogP contribution in [-0.4, -0.2) is 37.1 Å². The summed E-state index contributed by atoms with van der Waals surface area (Å²) < 4.78 is 5.34. The zero-order valence-electron chi connectivity index (χ0n) is 16.9. The first-order valence-electron chi connectivity index (χ1n) is 10.2. The molecule has 0 atom stereocenters. The molecule has 7 nitrogen and oxygen atoms in total. The van der Waals surface area contributed by atoms with Crippen molar-refractivity contribution in [2.45, 2.75) is 5.92 Å². The van der Waals surface area contributed by atoms with Crippen LogP contribution in [-0.2, 0) is 9.53 Å². The molecule has 4 rings (SSSR count). The fourth-order valence-electron chi connectivity index (χ4n) is 3.82. The topological polar surface area (TPSA) is 84.7 Å². The molecular formula is C24H23N3O4. The van der Waals surface area contributed by atoms with Gasteiger partial charge in [0, 0.05) is 24.8 Å². The molecule has 31 heavy (non-hydrogen) atoms. The molecule has 1 aliphatic heterocycles. The number of ether oxygens (including phenoxy) is 1. The average Bonchev–Trinajstić information content (AvgIpc) is 2.81. The van der Waals surface area contributed by atoms with Crippen LogP contribution in [0.4, 0.5) is 17.1 Å². The van der Waals surface area contributed by atoms with Crippen LogP contribution >= 0.6 is 0 Å². The zero-order chi connectivity index (χ0) is 21.6. The van der Waals surface area contributed by atoms with E-state index in [1.165, 1.54) is 6.07 Å². The van der Waals surface area contributed by atoms with Crippen LogP contribution in [0.2, 0.25) is 0 Å². The van der Waals surface area contributed by atoms with Crippen LogP contribution in [0.15, 0.2) is 78.9 Å². The van der Waals surface area contributed by atoms with Crippen LogP contribution in [0.25, 0.3) is 0 Å². The third-order valence-electron chi connectivity index (χ3n) is 5.32. The van der Waals surface area contributed by atoms with E-state index in [1.54, 1.807) is 12.1 Å². The monoisotopic (exact) mass is 417 g/mol. The molecular weight excluding hydrogens is 394 g/mol. The Balaban J connectivity index is 1.63. The number of nitrogens with one attached hydrogen (secondary N) is 1. The zero-order valence-corrected chi connectivity index (χ0v) is 16.9. The first-order chi connectivity index (χ1) is 15.1. The van der Waals surface area contributed by atoms with Crippen molar-refractivity contribution >= 4 is 23.0 Å². The van der Waals surface area contributed by atoms with Crippen molar-refractivity contribution < 1.29 is 14.5 Å². The van der Waals surface area contributed by atoms with Crippen molar-refractivity contribution in [3.8, 4) is 0 Å². The summed E-state index contributed by atoms with van der Waals surface area (Å²) in [6.07, 6.45) is 0. The van der Waals surface area contributed by atoms with Gasteiger partial charge < -0.3 is 15.0 Å². The molecule has 0 radical (unpaired) electrons.